The zero-order valence-corrected chi connectivity index (χ0v) is 16.8. The summed E-state index contributed by atoms with van der Waals surface area (Å²) in [5, 5.41) is 10.8. The lowest BCUT2D eigenvalue weighted by Crippen LogP contribution is -2.50. The first-order chi connectivity index (χ1) is 13.3. The van der Waals surface area contributed by atoms with Gasteiger partial charge in [-0.1, -0.05) is 12.1 Å². The molecule has 1 aromatic carbocycles. The molecule has 8 heteroatoms. The van der Waals surface area contributed by atoms with Crippen molar-refractivity contribution in [2.24, 2.45) is 0 Å². The van der Waals surface area contributed by atoms with Crippen molar-refractivity contribution in [1.29, 1.82) is 0 Å². The number of carbonyl (C=O) groups excluding carboxylic acids is 2. The number of aromatic amines is 1. The predicted molar refractivity (Wildman–Crippen MR) is 107 cm³/mol. The van der Waals surface area contributed by atoms with Crippen molar-refractivity contribution in [1.82, 2.24) is 25.3 Å². The van der Waals surface area contributed by atoms with Gasteiger partial charge in [-0.25, -0.2) is 4.79 Å². The lowest BCUT2D eigenvalue weighted by molar-refractivity contribution is 0.0144. The average molecular weight is 387 g/mol. The number of ether oxygens (including phenoxy) is 1. The average Bonchev–Trinajstić information content (AvgIpc) is 3.13. The highest BCUT2D eigenvalue weighted by molar-refractivity contribution is 6.05. The number of hydrogen-bond donors (Lipinski definition) is 2. The number of carbonyl (C=O) groups is 2. The summed E-state index contributed by atoms with van der Waals surface area (Å²) < 4.78 is 5.42. The number of amides is 2. The molecule has 0 unspecified atom stereocenters. The van der Waals surface area contributed by atoms with Crippen molar-refractivity contribution in [2.45, 2.75) is 32.8 Å². The molecule has 1 fully saturated rings. The maximum absolute atomic E-state index is 12.4. The van der Waals surface area contributed by atoms with E-state index in [1.807, 2.05) is 32.9 Å². The summed E-state index contributed by atoms with van der Waals surface area (Å²) in [6.45, 7) is 10.1. The first kappa shape index (κ1) is 20.1. The maximum Gasteiger partial charge on any atom is 0.410 e. The molecule has 0 saturated carbocycles. The molecule has 2 heterocycles. The molecule has 0 atom stereocenters. The second-order valence-corrected chi connectivity index (χ2v) is 8.06. The van der Waals surface area contributed by atoms with Crippen molar-refractivity contribution in [3.05, 3.63) is 30.0 Å². The van der Waals surface area contributed by atoms with Gasteiger partial charge in [0.2, 0.25) is 0 Å². The molecule has 1 aliphatic rings. The predicted octanol–water partition coefficient (Wildman–Crippen LogP) is 2.24. The van der Waals surface area contributed by atoms with E-state index in [1.54, 1.807) is 17.2 Å². The Hall–Kier alpha value is -2.61. The van der Waals surface area contributed by atoms with Crippen LogP contribution in [0.4, 0.5) is 4.79 Å². The van der Waals surface area contributed by atoms with E-state index in [1.165, 1.54) is 0 Å². The van der Waals surface area contributed by atoms with Gasteiger partial charge in [-0.15, -0.1) is 0 Å². The fraction of sp³-hybridized carbons (Fsp3) is 0.550. The molecule has 2 N–H and O–H groups in total. The maximum atomic E-state index is 12.4. The first-order valence-electron chi connectivity index (χ1n) is 9.74. The van der Waals surface area contributed by atoms with E-state index < -0.39 is 5.60 Å². The van der Waals surface area contributed by atoms with Gasteiger partial charge in [-0.2, -0.15) is 5.10 Å². The Morgan fingerprint density at radius 2 is 1.96 bits per heavy atom. The minimum Gasteiger partial charge on any atom is -0.444 e. The molecule has 0 aliphatic carbocycles. The summed E-state index contributed by atoms with van der Waals surface area (Å²) >= 11 is 0. The molecule has 1 aromatic heterocycles. The number of para-hydroxylation sites is 1. The third-order valence-corrected chi connectivity index (χ3v) is 4.68. The van der Waals surface area contributed by atoms with Gasteiger partial charge in [0.1, 0.15) is 5.60 Å². The molecule has 152 valence electrons. The van der Waals surface area contributed by atoms with Gasteiger partial charge in [-0.3, -0.25) is 14.8 Å². The van der Waals surface area contributed by atoms with Crippen LogP contribution in [0.15, 0.2) is 24.4 Å². The Morgan fingerprint density at radius 1 is 1.21 bits per heavy atom. The second kappa shape index (κ2) is 8.60. The smallest absolute Gasteiger partial charge is 0.410 e. The molecule has 0 radical (unpaired) electrons. The molecule has 1 saturated heterocycles. The normalized spacial score (nSPS) is 15.6. The number of benzene rings is 1. The number of fused-ring (bicyclic) bond motifs is 1. The van der Waals surface area contributed by atoms with Crippen LogP contribution in [0.3, 0.4) is 0 Å². The topological polar surface area (TPSA) is 90.6 Å². The Labute approximate surface area is 165 Å². The van der Waals surface area contributed by atoms with E-state index in [9.17, 15) is 9.59 Å². The second-order valence-electron chi connectivity index (χ2n) is 8.06. The van der Waals surface area contributed by atoms with E-state index in [0.717, 1.165) is 37.0 Å². The van der Waals surface area contributed by atoms with Gasteiger partial charge in [0.25, 0.3) is 5.91 Å². The van der Waals surface area contributed by atoms with E-state index >= 15 is 0 Å². The molecule has 2 aromatic rings. The minimum absolute atomic E-state index is 0.0930. The number of piperazine rings is 1. The van der Waals surface area contributed by atoms with Crippen LogP contribution < -0.4 is 5.32 Å². The Bertz CT molecular complexity index is 819. The number of hydrogen-bond acceptors (Lipinski definition) is 5. The van der Waals surface area contributed by atoms with Crippen LogP contribution in [0.5, 0.6) is 0 Å². The van der Waals surface area contributed by atoms with Gasteiger partial charge < -0.3 is 15.0 Å². The van der Waals surface area contributed by atoms with Crippen LogP contribution in [0.25, 0.3) is 10.9 Å². The summed E-state index contributed by atoms with van der Waals surface area (Å²) in [6.07, 6.45) is 2.33. The van der Waals surface area contributed by atoms with Crippen LogP contribution in [0.1, 0.15) is 37.6 Å². The molecule has 3 rings (SSSR count). The fourth-order valence-corrected chi connectivity index (χ4v) is 3.24. The third-order valence-electron chi connectivity index (χ3n) is 4.68. The third kappa shape index (κ3) is 5.22. The van der Waals surface area contributed by atoms with E-state index in [-0.39, 0.29) is 12.0 Å². The van der Waals surface area contributed by atoms with Crippen molar-refractivity contribution in [3.63, 3.8) is 0 Å². The van der Waals surface area contributed by atoms with Crippen LogP contribution in [-0.4, -0.2) is 76.9 Å². The molecule has 1 aliphatic heterocycles. The number of nitrogens with zero attached hydrogens (tertiary/aromatic N) is 3. The summed E-state index contributed by atoms with van der Waals surface area (Å²) in [5.41, 5.74) is 0.909. The number of H-pyrrole nitrogens is 1. The Kier molecular flexibility index (Phi) is 6.18. The van der Waals surface area contributed by atoms with Crippen molar-refractivity contribution < 1.29 is 14.3 Å². The summed E-state index contributed by atoms with van der Waals surface area (Å²) in [7, 11) is 0. The van der Waals surface area contributed by atoms with E-state index in [0.29, 0.717) is 25.2 Å². The molecule has 8 nitrogen and oxygen atoms in total. The van der Waals surface area contributed by atoms with Crippen LogP contribution in [0.2, 0.25) is 0 Å². The summed E-state index contributed by atoms with van der Waals surface area (Å²) in [6, 6.07) is 5.58. The number of nitrogens with one attached hydrogen (secondary N) is 2. The lowest BCUT2D eigenvalue weighted by atomic mass is 10.1. The molecular weight excluding hydrogens is 358 g/mol. The molecule has 0 spiro atoms. The quantitative estimate of drug-likeness (QED) is 0.768. The van der Waals surface area contributed by atoms with Gasteiger partial charge in [0.05, 0.1) is 17.3 Å². The highest BCUT2D eigenvalue weighted by Crippen LogP contribution is 2.15. The van der Waals surface area contributed by atoms with E-state index in [2.05, 4.69) is 20.4 Å². The van der Waals surface area contributed by atoms with E-state index in [4.69, 9.17) is 4.74 Å². The van der Waals surface area contributed by atoms with Gasteiger partial charge >= 0.3 is 6.09 Å². The Balaban J connectivity index is 1.37. The Morgan fingerprint density at radius 3 is 2.68 bits per heavy atom. The van der Waals surface area contributed by atoms with Gasteiger partial charge in [-0.05, 0) is 39.8 Å². The molecule has 0 bridgehead atoms. The monoisotopic (exact) mass is 387 g/mol. The summed E-state index contributed by atoms with van der Waals surface area (Å²) in [4.78, 5) is 28.6. The van der Waals surface area contributed by atoms with Crippen LogP contribution >= 0.6 is 0 Å². The zero-order valence-electron chi connectivity index (χ0n) is 16.8. The van der Waals surface area contributed by atoms with Crippen molar-refractivity contribution >= 4 is 22.9 Å². The molecule has 28 heavy (non-hydrogen) atoms. The lowest BCUT2D eigenvalue weighted by Gasteiger charge is -2.35. The largest absolute Gasteiger partial charge is 0.444 e. The standard InChI is InChI=1S/C20H29N5O3/c1-20(2,3)28-19(27)25-12-10-24(11-13-25)9-5-8-21-18(26)16-7-4-6-15-14-22-23-17(15)16/h4,6-7,14H,5,8-13H2,1-3H3,(H,21,26)(H,22,23). The van der Waals surface area contributed by atoms with Crippen molar-refractivity contribution in [3.8, 4) is 0 Å². The SMILES string of the molecule is CC(C)(C)OC(=O)N1CCN(CCCNC(=O)c2cccc3cn[nH]c23)CC1. The van der Waals surface area contributed by atoms with Crippen molar-refractivity contribution in [2.75, 3.05) is 39.3 Å². The summed E-state index contributed by atoms with van der Waals surface area (Å²) in [5.74, 6) is -0.0930. The van der Waals surface area contributed by atoms with Gasteiger partial charge in [0, 0.05) is 38.1 Å². The molecule has 2 amide bonds. The highest BCUT2D eigenvalue weighted by Gasteiger charge is 2.25. The van der Waals surface area contributed by atoms with Crippen LogP contribution in [-0.2, 0) is 4.74 Å². The van der Waals surface area contributed by atoms with Crippen LogP contribution in [0, 0.1) is 0 Å². The minimum atomic E-state index is -0.465. The first-order valence-corrected chi connectivity index (χ1v) is 9.74. The van der Waals surface area contributed by atoms with Gasteiger partial charge in [0.15, 0.2) is 0 Å². The fourth-order valence-electron chi connectivity index (χ4n) is 3.24. The zero-order chi connectivity index (χ0) is 20.1. The number of aromatic nitrogens is 2. The number of rotatable bonds is 5. The highest BCUT2D eigenvalue weighted by atomic mass is 16.6. The molecular formula is C20H29N5O3.